The number of amides is 1. The molecule has 0 aliphatic heterocycles. The Morgan fingerprint density at radius 3 is 2.64 bits per heavy atom. The molecular formula is C14H21CuN6O4-. The number of H-pyrrole nitrogens is 1. The van der Waals surface area contributed by atoms with Crippen molar-refractivity contribution in [3.8, 4) is 0 Å². The Labute approximate surface area is 156 Å². The maximum absolute atomic E-state index is 12.3. The van der Waals surface area contributed by atoms with Crippen molar-refractivity contribution < 1.29 is 36.9 Å². The summed E-state index contributed by atoms with van der Waals surface area (Å²) in [6.45, 7) is -0.170. The Bertz CT molecular complexity index is 552. The molecule has 0 spiro atoms. The standard InChI is InChI=1S/C14H23N6O4.Cu/c15-4-2-1-3-10(14(23)24)20-13(22)11(19-12(21)6-16)5-9-7-17-8-18-9;/h7-8,10-11,16H,1-6,15H2,(H,17,18)(H,19,21)(H,20,22)(H,23,24);/q-1;+2/p-2/t10-,11-;/m0./s1. The molecule has 1 amide bonds. The number of carbonyl (C=O) groups is 2. The Balaban J connectivity index is 0.00000576. The van der Waals surface area contributed by atoms with E-state index in [-0.39, 0.29) is 29.9 Å². The average Bonchev–Trinajstić information content (AvgIpc) is 3.06. The molecule has 0 fully saturated rings. The van der Waals surface area contributed by atoms with Crippen molar-refractivity contribution >= 4 is 17.8 Å². The van der Waals surface area contributed by atoms with Crippen molar-refractivity contribution in [2.75, 3.05) is 13.1 Å². The molecule has 0 aliphatic carbocycles. The summed E-state index contributed by atoms with van der Waals surface area (Å²) in [5.41, 5.74) is 12.9. The Kier molecular flexibility index (Phi) is 11.5. The van der Waals surface area contributed by atoms with Crippen molar-refractivity contribution in [3.05, 3.63) is 24.0 Å². The van der Waals surface area contributed by atoms with E-state index in [2.05, 4.69) is 20.3 Å². The minimum atomic E-state index is -1.41. The fourth-order valence-corrected chi connectivity index (χ4v) is 2.03. The van der Waals surface area contributed by atoms with E-state index >= 15 is 0 Å². The van der Waals surface area contributed by atoms with Gasteiger partial charge in [-0.15, -0.1) is 6.54 Å². The number of hydrogen-bond acceptors (Lipinski definition) is 7. The van der Waals surface area contributed by atoms with Crippen LogP contribution >= 0.6 is 0 Å². The number of carboxylic acids is 1. The average molecular weight is 401 g/mol. The van der Waals surface area contributed by atoms with Crippen LogP contribution in [0.5, 0.6) is 0 Å². The first-order valence-corrected chi connectivity index (χ1v) is 7.54. The van der Waals surface area contributed by atoms with E-state index in [9.17, 15) is 19.8 Å². The number of nitrogens with one attached hydrogen (secondary N) is 3. The zero-order valence-electron chi connectivity index (χ0n) is 13.5. The number of unbranched alkanes of at least 4 members (excludes halogenated alkanes) is 1. The number of imidazole rings is 1. The molecular weight excluding hydrogens is 380 g/mol. The van der Waals surface area contributed by atoms with E-state index in [0.29, 0.717) is 25.1 Å². The number of aromatic nitrogens is 2. The van der Waals surface area contributed by atoms with Gasteiger partial charge in [0.25, 0.3) is 0 Å². The van der Waals surface area contributed by atoms with Crippen LogP contribution < -0.4 is 21.3 Å². The molecule has 10 nitrogen and oxygen atoms in total. The summed E-state index contributed by atoms with van der Waals surface area (Å²) >= 11 is 0. The van der Waals surface area contributed by atoms with Crippen LogP contribution in [0.2, 0.25) is 0 Å². The number of aliphatic imine (C=N–C) groups is 1. The molecule has 11 heteroatoms. The normalized spacial score (nSPS) is 13.6. The smallest absolute Gasteiger partial charge is 0.863 e. The summed E-state index contributed by atoms with van der Waals surface area (Å²) in [6.07, 6.45) is 4.24. The van der Waals surface area contributed by atoms with Crippen LogP contribution in [0, 0.1) is 0 Å². The Morgan fingerprint density at radius 2 is 2.12 bits per heavy atom. The van der Waals surface area contributed by atoms with Crippen molar-refractivity contribution in [1.29, 1.82) is 0 Å². The van der Waals surface area contributed by atoms with Crippen LogP contribution in [0.15, 0.2) is 17.5 Å². The van der Waals surface area contributed by atoms with Crippen LogP contribution in [0.4, 0.5) is 0 Å². The quantitative estimate of drug-likeness (QED) is 0.159. The second-order valence-corrected chi connectivity index (χ2v) is 5.16. The second-order valence-electron chi connectivity index (χ2n) is 5.16. The predicted octanol–water partition coefficient (Wildman–Crippen LogP) is -2.51. The summed E-state index contributed by atoms with van der Waals surface area (Å²) in [5, 5.41) is 24.9. The van der Waals surface area contributed by atoms with E-state index in [0.717, 1.165) is 0 Å². The first-order valence-electron chi connectivity index (χ1n) is 7.54. The molecule has 2 atom stereocenters. The monoisotopic (exact) mass is 400 g/mol. The first-order chi connectivity index (χ1) is 11.5. The molecule has 143 valence electrons. The minimum absolute atomic E-state index is 0. The van der Waals surface area contributed by atoms with E-state index in [1.807, 2.05) is 0 Å². The van der Waals surface area contributed by atoms with Gasteiger partial charge in [0, 0.05) is 18.3 Å². The fourth-order valence-electron chi connectivity index (χ4n) is 2.03. The summed E-state index contributed by atoms with van der Waals surface area (Å²) in [6, 6.07) is -2.32. The number of nitrogens with zero attached hydrogens (tertiary/aromatic N) is 2. The second kappa shape index (κ2) is 12.4. The molecule has 1 heterocycles. The summed E-state index contributed by atoms with van der Waals surface area (Å²) in [7, 11) is 0. The molecule has 1 aromatic rings. The zero-order chi connectivity index (χ0) is 17.9. The van der Waals surface area contributed by atoms with Gasteiger partial charge in [-0.1, -0.05) is 5.90 Å². The van der Waals surface area contributed by atoms with E-state index < -0.39 is 36.4 Å². The molecule has 0 saturated carbocycles. The number of carbonyl (C=O) groups excluding carboxylic acids is 2. The third-order valence-corrected chi connectivity index (χ3v) is 3.27. The molecule has 0 aliphatic rings. The number of hydrogen-bond donors (Lipinski definition) is 3. The van der Waals surface area contributed by atoms with Gasteiger partial charge in [0.1, 0.15) is 6.04 Å². The predicted molar refractivity (Wildman–Crippen MR) is 82.5 cm³/mol. The number of aliphatic carboxylic acids is 1. The Hall–Kier alpha value is -1.94. The van der Waals surface area contributed by atoms with Gasteiger partial charge in [-0.2, -0.15) is 0 Å². The third kappa shape index (κ3) is 8.64. The number of rotatable bonds is 11. The van der Waals surface area contributed by atoms with Crippen molar-refractivity contribution in [3.63, 3.8) is 0 Å². The van der Waals surface area contributed by atoms with Gasteiger partial charge in [-0.3, -0.25) is 9.79 Å². The van der Waals surface area contributed by atoms with Crippen LogP contribution in [0.1, 0.15) is 25.0 Å². The SMILES string of the molecule is [Cu+2].[NH-]CC([O-])=N[C@@H](Cc1cnc[nH]1)C(=O)N[C@@H](CCCCN)C(=O)[O-]. The molecule has 0 aromatic carbocycles. The van der Waals surface area contributed by atoms with Crippen molar-refractivity contribution in [1.82, 2.24) is 15.3 Å². The maximum atomic E-state index is 12.3. The molecule has 1 rings (SSSR count). The van der Waals surface area contributed by atoms with Gasteiger partial charge in [0.2, 0.25) is 5.91 Å². The zero-order valence-corrected chi connectivity index (χ0v) is 14.4. The number of aromatic amines is 1. The van der Waals surface area contributed by atoms with Gasteiger partial charge in [-0.05, 0) is 25.8 Å². The maximum Gasteiger partial charge on any atom is 2.00 e. The molecule has 25 heavy (non-hydrogen) atoms. The first kappa shape index (κ1) is 23.1. The number of carboxylic acid groups (broad SMARTS) is 1. The van der Waals surface area contributed by atoms with Gasteiger partial charge in [0.05, 0.1) is 18.3 Å². The Morgan fingerprint density at radius 1 is 1.40 bits per heavy atom. The van der Waals surface area contributed by atoms with Crippen LogP contribution in [-0.2, 0) is 33.1 Å². The summed E-state index contributed by atoms with van der Waals surface area (Å²) in [5.74, 6) is -2.89. The van der Waals surface area contributed by atoms with Crippen LogP contribution in [0.3, 0.4) is 0 Å². The van der Waals surface area contributed by atoms with E-state index in [1.54, 1.807) is 0 Å². The van der Waals surface area contributed by atoms with Crippen LogP contribution in [-0.4, -0.2) is 52.9 Å². The van der Waals surface area contributed by atoms with Crippen molar-refractivity contribution in [2.24, 2.45) is 10.7 Å². The summed E-state index contributed by atoms with van der Waals surface area (Å²) < 4.78 is 0. The topological polar surface area (TPSA) is 183 Å². The molecule has 1 aromatic heterocycles. The molecule has 0 saturated heterocycles. The van der Waals surface area contributed by atoms with Gasteiger partial charge in [0.15, 0.2) is 0 Å². The minimum Gasteiger partial charge on any atom is -0.863 e. The third-order valence-electron chi connectivity index (χ3n) is 3.27. The van der Waals surface area contributed by atoms with Crippen molar-refractivity contribution in [2.45, 2.75) is 37.8 Å². The fraction of sp³-hybridized carbons (Fsp3) is 0.571. The van der Waals surface area contributed by atoms with E-state index in [1.165, 1.54) is 12.5 Å². The number of nitrogens with two attached hydrogens (primary N) is 1. The molecule has 0 bridgehead atoms. The molecule has 1 radical (unpaired) electrons. The van der Waals surface area contributed by atoms with Crippen LogP contribution in [0.25, 0.3) is 5.73 Å². The van der Waals surface area contributed by atoms with E-state index in [4.69, 9.17) is 11.5 Å². The van der Waals surface area contributed by atoms with Gasteiger partial charge >= 0.3 is 17.1 Å². The van der Waals surface area contributed by atoms with Gasteiger partial charge < -0.3 is 36.8 Å². The summed E-state index contributed by atoms with van der Waals surface area (Å²) in [4.78, 5) is 33.7. The molecule has 5 N–H and O–H groups in total. The van der Waals surface area contributed by atoms with Gasteiger partial charge in [-0.25, -0.2) is 4.98 Å². The molecule has 0 unspecified atom stereocenters. The largest absolute Gasteiger partial charge is 2.00 e.